The molecule has 0 heterocycles. The van der Waals surface area contributed by atoms with Crippen molar-refractivity contribution in [2.75, 3.05) is 20.2 Å². The van der Waals surface area contributed by atoms with Crippen molar-refractivity contribution in [3.63, 3.8) is 0 Å². The third-order valence-corrected chi connectivity index (χ3v) is 4.68. The SMILES string of the molecule is COC(=O)[C@@H](CC(C)C)NC(=O)[C@H](Cc1ccccc1)NC(=O)CNC(=O)CNC(=O)OC(C)(C)C.O.O. The Balaban J connectivity index is 0. The summed E-state index contributed by atoms with van der Waals surface area (Å²) in [7, 11) is 1.24. The number of rotatable bonds is 12. The number of methoxy groups -OCH3 is 1. The molecule has 0 aliphatic carbocycles. The van der Waals surface area contributed by atoms with Crippen LogP contribution in [-0.4, -0.2) is 78.6 Å². The van der Waals surface area contributed by atoms with Gasteiger partial charge in [-0.15, -0.1) is 0 Å². The average Bonchev–Trinajstić information content (AvgIpc) is 2.79. The number of ether oxygens (including phenoxy) is 2. The topological polar surface area (TPSA) is 215 Å². The zero-order chi connectivity index (χ0) is 27.3. The van der Waals surface area contributed by atoms with Crippen LogP contribution in [0.25, 0.3) is 0 Å². The molecule has 0 radical (unpaired) electrons. The lowest BCUT2D eigenvalue weighted by molar-refractivity contribution is -0.145. The molecule has 0 spiro atoms. The Labute approximate surface area is 223 Å². The lowest BCUT2D eigenvalue weighted by Crippen LogP contribution is -2.54. The Hall–Kier alpha value is -3.71. The molecule has 13 heteroatoms. The summed E-state index contributed by atoms with van der Waals surface area (Å²) in [5.74, 6) is -2.24. The lowest BCUT2D eigenvalue weighted by Gasteiger charge is -2.23. The van der Waals surface area contributed by atoms with E-state index in [1.54, 1.807) is 32.9 Å². The Morgan fingerprint density at radius 3 is 1.95 bits per heavy atom. The molecule has 8 N–H and O–H groups in total. The minimum absolute atomic E-state index is 0. The second-order valence-corrected chi connectivity index (χ2v) is 9.66. The van der Waals surface area contributed by atoms with Crippen molar-refractivity contribution >= 4 is 29.8 Å². The number of benzene rings is 1. The van der Waals surface area contributed by atoms with Crippen LogP contribution in [-0.2, 0) is 35.1 Å². The first kappa shape index (κ1) is 36.4. The number of alkyl carbamates (subject to hydrolysis) is 1. The van der Waals surface area contributed by atoms with E-state index >= 15 is 0 Å². The minimum Gasteiger partial charge on any atom is -0.467 e. The number of carbonyl (C=O) groups excluding carboxylic acids is 5. The van der Waals surface area contributed by atoms with E-state index in [-0.39, 0.29) is 29.8 Å². The summed E-state index contributed by atoms with van der Waals surface area (Å²) in [6.07, 6.45) is -0.226. The molecule has 38 heavy (non-hydrogen) atoms. The molecule has 216 valence electrons. The fourth-order valence-electron chi connectivity index (χ4n) is 3.11. The van der Waals surface area contributed by atoms with E-state index in [0.29, 0.717) is 6.42 Å². The first-order valence-electron chi connectivity index (χ1n) is 11.8. The monoisotopic (exact) mass is 542 g/mol. The van der Waals surface area contributed by atoms with E-state index in [0.717, 1.165) is 5.56 Å². The van der Waals surface area contributed by atoms with Crippen molar-refractivity contribution in [2.24, 2.45) is 5.92 Å². The molecule has 0 aliphatic heterocycles. The molecular weight excluding hydrogens is 500 g/mol. The van der Waals surface area contributed by atoms with Crippen molar-refractivity contribution in [1.29, 1.82) is 0 Å². The van der Waals surface area contributed by atoms with Crippen molar-refractivity contribution < 1.29 is 44.4 Å². The molecule has 0 bridgehead atoms. The third-order valence-electron chi connectivity index (χ3n) is 4.68. The van der Waals surface area contributed by atoms with Crippen LogP contribution in [0.15, 0.2) is 30.3 Å². The zero-order valence-electron chi connectivity index (χ0n) is 22.8. The van der Waals surface area contributed by atoms with Gasteiger partial charge < -0.3 is 41.7 Å². The molecule has 1 aromatic rings. The molecule has 0 fully saturated rings. The summed E-state index contributed by atoms with van der Waals surface area (Å²) < 4.78 is 9.84. The number of esters is 1. The highest BCUT2D eigenvalue weighted by atomic mass is 16.6. The maximum absolute atomic E-state index is 13.0. The molecule has 2 atom stereocenters. The Morgan fingerprint density at radius 1 is 0.842 bits per heavy atom. The molecule has 1 aromatic carbocycles. The predicted molar refractivity (Wildman–Crippen MR) is 140 cm³/mol. The molecule has 0 saturated carbocycles. The molecule has 4 amide bonds. The van der Waals surface area contributed by atoms with Crippen LogP contribution in [0.2, 0.25) is 0 Å². The number of carbonyl (C=O) groups is 5. The highest BCUT2D eigenvalue weighted by molar-refractivity contribution is 5.92. The van der Waals surface area contributed by atoms with Crippen LogP contribution < -0.4 is 21.3 Å². The normalized spacial score (nSPS) is 12.0. The highest BCUT2D eigenvalue weighted by Gasteiger charge is 2.28. The highest BCUT2D eigenvalue weighted by Crippen LogP contribution is 2.09. The Morgan fingerprint density at radius 2 is 1.42 bits per heavy atom. The molecule has 13 nitrogen and oxygen atoms in total. The van der Waals surface area contributed by atoms with E-state index < -0.39 is 54.0 Å². The van der Waals surface area contributed by atoms with Crippen molar-refractivity contribution in [3.8, 4) is 0 Å². The number of hydrogen-bond acceptors (Lipinski definition) is 7. The Kier molecular flexibility index (Phi) is 17.0. The van der Waals surface area contributed by atoms with Gasteiger partial charge in [0.15, 0.2) is 0 Å². The standard InChI is InChI=1S/C25H38N4O7.2H2O/c1-16(2)12-19(23(33)35-6)29-22(32)18(13-17-10-8-7-9-11-17)28-21(31)15-26-20(30)14-27-24(34)36-25(3,4)5;;/h7-11,16,18-19H,12-15H2,1-6H3,(H,26,30)(H,27,34)(H,28,31)(H,29,32);2*1H2/t18-,19+;;/m0../s1. The van der Waals surface area contributed by atoms with Crippen LogP contribution in [0.3, 0.4) is 0 Å². The summed E-state index contributed by atoms with van der Waals surface area (Å²) in [5, 5.41) is 9.94. The maximum Gasteiger partial charge on any atom is 0.408 e. The van der Waals surface area contributed by atoms with Gasteiger partial charge >= 0.3 is 12.1 Å². The largest absolute Gasteiger partial charge is 0.467 e. The van der Waals surface area contributed by atoms with Gasteiger partial charge in [0.25, 0.3) is 0 Å². The van der Waals surface area contributed by atoms with Crippen LogP contribution in [0.5, 0.6) is 0 Å². The minimum atomic E-state index is -1.00. The van der Waals surface area contributed by atoms with E-state index in [9.17, 15) is 24.0 Å². The van der Waals surface area contributed by atoms with Gasteiger partial charge in [-0.3, -0.25) is 14.4 Å². The van der Waals surface area contributed by atoms with Gasteiger partial charge in [0.2, 0.25) is 17.7 Å². The summed E-state index contributed by atoms with van der Waals surface area (Å²) >= 11 is 0. The van der Waals surface area contributed by atoms with Gasteiger partial charge in [-0.05, 0) is 38.7 Å². The molecule has 0 aliphatic rings. The fourth-order valence-corrected chi connectivity index (χ4v) is 3.11. The van der Waals surface area contributed by atoms with E-state index in [4.69, 9.17) is 9.47 Å². The summed E-state index contributed by atoms with van der Waals surface area (Å²) in [4.78, 5) is 61.3. The second kappa shape index (κ2) is 17.7. The van der Waals surface area contributed by atoms with Crippen LogP contribution >= 0.6 is 0 Å². The smallest absolute Gasteiger partial charge is 0.408 e. The number of nitrogens with one attached hydrogen (secondary N) is 4. The van der Waals surface area contributed by atoms with Gasteiger partial charge in [-0.25, -0.2) is 9.59 Å². The maximum atomic E-state index is 13.0. The predicted octanol–water partition coefficient (Wildman–Crippen LogP) is -0.591. The fraction of sp³-hybridized carbons (Fsp3) is 0.560. The van der Waals surface area contributed by atoms with E-state index in [2.05, 4.69) is 21.3 Å². The summed E-state index contributed by atoms with van der Waals surface area (Å²) in [6.45, 7) is 8.09. The lowest BCUT2D eigenvalue weighted by atomic mass is 10.0. The van der Waals surface area contributed by atoms with Crippen molar-refractivity contribution in [3.05, 3.63) is 35.9 Å². The van der Waals surface area contributed by atoms with E-state index in [1.165, 1.54) is 7.11 Å². The van der Waals surface area contributed by atoms with Crippen molar-refractivity contribution in [1.82, 2.24) is 21.3 Å². The number of amides is 4. The average molecular weight is 543 g/mol. The van der Waals surface area contributed by atoms with Gasteiger partial charge in [-0.2, -0.15) is 0 Å². The quantitative estimate of drug-likeness (QED) is 0.251. The third kappa shape index (κ3) is 15.4. The van der Waals surface area contributed by atoms with Gasteiger partial charge in [0.1, 0.15) is 24.2 Å². The Bertz CT molecular complexity index is 902. The molecule has 1 rings (SSSR count). The van der Waals surface area contributed by atoms with Gasteiger partial charge in [0, 0.05) is 6.42 Å². The van der Waals surface area contributed by atoms with Crippen molar-refractivity contribution in [2.45, 2.75) is 65.1 Å². The molecule has 0 saturated heterocycles. The van der Waals surface area contributed by atoms with Crippen LogP contribution in [0.4, 0.5) is 4.79 Å². The number of hydrogen-bond donors (Lipinski definition) is 4. The summed E-state index contributed by atoms with van der Waals surface area (Å²) in [5.41, 5.74) is 0.0821. The second-order valence-electron chi connectivity index (χ2n) is 9.66. The van der Waals surface area contributed by atoms with E-state index in [1.807, 2.05) is 32.0 Å². The summed E-state index contributed by atoms with van der Waals surface area (Å²) in [6, 6.07) is 7.19. The van der Waals surface area contributed by atoms with Gasteiger partial charge in [-0.1, -0.05) is 44.2 Å². The zero-order valence-corrected chi connectivity index (χ0v) is 22.8. The first-order chi connectivity index (χ1) is 16.8. The van der Waals surface area contributed by atoms with Gasteiger partial charge in [0.05, 0.1) is 13.7 Å². The first-order valence-corrected chi connectivity index (χ1v) is 11.8. The molecule has 0 unspecified atom stereocenters. The van der Waals surface area contributed by atoms with Crippen LogP contribution in [0, 0.1) is 5.92 Å². The molecule has 0 aromatic heterocycles. The molecular formula is C25H42N4O9. The van der Waals surface area contributed by atoms with Crippen LogP contribution in [0.1, 0.15) is 46.6 Å².